The van der Waals surface area contributed by atoms with Gasteiger partial charge in [-0.2, -0.15) is 0 Å². The third-order valence-electron chi connectivity index (χ3n) is 11.7. The maximum absolute atomic E-state index is 6.19. The SMILES string of the molecule is c1ccc(-c2cccc(-c3ccc(N(c4ccc(-c5ccc(-c6ccc7c(c6)oc6ccccc67)cc5)cc4)c4ccc(-c5ccccc5)c5ccccc45)cc3)c2)cc1. The number of hydrogen-bond acceptors (Lipinski definition) is 2. The van der Waals surface area contributed by atoms with Crippen LogP contribution in [0.4, 0.5) is 17.1 Å². The van der Waals surface area contributed by atoms with E-state index in [4.69, 9.17) is 4.42 Å². The smallest absolute Gasteiger partial charge is 0.136 e. The van der Waals surface area contributed by atoms with E-state index >= 15 is 0 Å². The van der Waals surface area contributed by atoms with Crippen molar-refractivity contribution in [3.05, 3.63) is 237 Å². The molecule has 2 heteroatoms. The quantitative estimate of drug-likeness (QED) is 0.153. The van der Waals surface area contributed by atoms with Crippen LogP contribution in [-0.2, 0) is 0 Å². The molecule has 282 valence electrons. The van der Waals surface area contributed by atoms with Gasteiger partial charge in [0, 0.05) is 27.5 Å². The van der Waals surface area contributed by atoms with Crippen LogP contribution in [0, 0.1) is 0 Å². The Labute approximate surface area is 349 Å². The molecule has 0 aliphatic heterocycles. The molecule has 60 heavy (non-hydrogen) atoms. The van der Waals surface area contributed by atoms with E-state index in [1.54, 1.807) is 0 Å². The van der Waals surface area contributed by atoms with Crippen LogP contribution >= 0.6 is 0 Å². The van der Waals surface area contributed by atoms with Gasteiger partial charge in [0.1, 0.15) is 11.2 Å². The summed E-state index contributed by atoms with van der Waals surface area (Å²) in [5.74, 6) is 0. The summed E-state index contributed by atoms with van der Waals surface area (Å²) in [6.45, 7) is 0. The van der Waals surface area contributed by atoms with E-state index < -0.39 is 0 Å². The molecule has 0 radical (unpaired) electrons. The molecule has 0 unspecified atom stereocenters. The van der Waals surface area contributed by atoms with Crippen LogP contribution in [0.2, 0.25) is 0 Å². The zero-order chi connectivity index (χ0) is 39.8. The highest BCUT2D eigenvalue weighted by Crippen LogP contribution is 2.43. The number of furan rings is 1. The summed E-state index contributed by atoms with van der Waals surface area (Å²) in [5.41, 5.74) is 17.0. The van der Waals surface area contributed by atoms with Crippen molar-refractivity contribution in [2.24, 2.45) is 0 Å². The highest BCUT2D eigenvalue weighted by molar-refractivity contribution is 6.07. The van der Waals surface area contributed by atoms with Crippen molar-refractivity contribution in [2.45, 2.75) is 0 Å². The van der Waals surface area contributed by atoms with Gasteiger partial charge in [0.25, 0.3) is 0 Å². The Kier molecular flexibility index (Phi) is 8.87. The standard InChI is InChI=1S/C58H39NO/c1-3-12-40(13-4-1)46-16-11-17-47(38-46)44-28-33-50(34-29-44)59(56-37-36-51(45-14-5-2-6-15-45)52-18-7-8-19-53(52)56)49-31-26-42(27-32-49)41-22-24-43(25-23-41)48-30-35-55-54-20-9-10-21-57(54)60-58(55)39-48/h1-39H. The molecule has 0 saturated carbocycles. The molecule has 1 heterocycles. The number of hydrogen-bond donors (Lipinski definition) is 0. The van der Waals surface area contributed by atoms with Crippen LogP contribution in [-0.4, -0.2) is 0 Å². The van der Waals surface area contributed by atoms with Gasteiger partial charge in [0.2, 0.25) is 0 Å². The maximum Gasteiger partial charge on any atom is 0.136 e. The van der Waals surface area contributed by atoms with Crippen LogP contribution in [0.15, 0.2) is 241 Å². The summed E-state index contributed by atoms with van der Waals surface area (Å²) < 4.78 is 6.19. The summed E-state index contributed by atoms with van der Waals surface area (Å²) in [5, 5.41) is 4.70. The third kappa shape index (κ3) is 6.51. The van der Waals surface area contributed by atoms with E-state index in [0.29, 0.717) is 0 Å². The van der Waals surface area contributed by atoms with Gasteiger partial charge in [0.15, 0.2) is 0 Å². The summed E-state index contributed by atoms with van der Waals surface area (Å²) in [6.07, 6.45) is 0. The lowest BCUT2D eigenvalue weighted by Gasteiger charge is -2.28. The van der Waals surface area contributed by atoms with Crippen molar-refractivity contribution < 1.29 is 4.42 Å². The van der Waals surface area contributed by atoms with Crippen molar-refractivity contribution in [2.75, 3.05) is 4.90 Å². The second-order valence-electron chi connectivity index (χ2n) is 15.3. The molecule has 0 atom stereocenters. The molecule has 0 N–H and O–H groups in total. The normalized spacial score (nSPS) is 11.3. The Balaban J connectivity index is 0.954. The molecule has 11 aromatic rings. The van der Waals surface area contributed by atoms with Crippen molar-refractivity contribution in [1.29, 1.82) is 0 Å². The first kappa shape index (κ1) is 35.2. The van der Waals surface area contributed by atoms with E-state index in [2.05, 4.69) is 229 Å². The van der Waals surface area contributed by atoms with Crippen LogP contribution < -0.4 is 4.90 Å². The minimum absolute atomic E-state index is 0.910. The van der Waals surface area contributed by atoms with Crippen LogP contribution in [0.1, 0.15) is 0 Å². The lowest BCUT2D eigenvalue weighted by Crippen LogP contribution is -2.10. The second kappa shape index (κ2) is 15.1. The Bertz CT molecular complexity index is 3270. The second-order valence-corrected chi connectivity index (χ2v) is 15.3. The minimum atomic E-state index is 0.910. The molecule has 0 fully saturated rings. The van der Waals surface area contributed by atoms with Gasteiger partial charge in [0.05, 0.1) is 5.69 Å². The fourth-order valence-electron chi connectivity index (χ4n) is 8.65. The first-order valence-electron chi connectivity index (χ1n) is 20.5. The molecule has 1 aromatic heterocycles. The first-order valence-corrected chi connectivity index (χ1v) is 20.5. The highest BCUT2D eigenvalue weighted by Gasteiger charge is 2.18. The van der Waals surface area contributed by atoms with Gasteiger partial charge in [-0.25, -0.2) is 0 Å². The predicted molar refractivity (Wildman–Crippen MR) is 253 cm³/mol. The predicted octanol–water partition coefficient (Wildman–Crippen LogP) is 16.5. The summed E-state index contributed by atoms with van der Waals surface area (Å²) in [7, 11) is 0. The molecular weight excluding hydrogens is 727 g/mol. The van der Waals surface area contributed by atoms with Gasteiger partial charge >= 0.3 is 0 Å². The molecule has 0 bridgehead atoms. The van der Waals surface area contributed by atoms with Crippen LogP contribution in [0.3, 0.4) is 0 Å². The molecule has 2 nitrogen and oxygen atoms in total. The fourth-order valence-corrected chi connectivity index (χ4v) is 8.65. The molecule has 11 rings (SSSR count). The van der Waals surface area contributed by atoms with E-state index in [1.807, 2.05) is 12.1 Å². The number of anilines is 3. The van der Waals surface area contributed by atoms with Gasteiger partial charge in [-0.15, -0.1) is 0 Å². The monoisotopic (exact) mass is 765 g/mol. The first-order chi connectivity index (χ1) is 29.7. The van der Waals surface area contributed by atoms with Crippen molar-refractivity contribution in [3.8, 4) is 55.6 Å². The summed E-state index contributed by atoms with van der Waals surface area (Å²) >= 11 is 0. The number of para-hydroxylation sites is 1. The van der Waals surface area contributed by atoms with Gasteiger partial charge in [-0.1, -0.05) is 182 Å². The molecular formula is C58H39NO. The fraction of sp³-hybridized carbons (Fsp3) is 0. The average molecular weight is 766 g/mol. The molecule has 0 aliphatic rings. The van der Waals surface area contributed by atoms with E-state index in [-0.39, 0.29) is 0 Å². The average Bonchev–Trinajstić information content (AvgIpc) is 3.71. The largest absolute Gasteiger partial charge is 0.456 e. The maximum atomic E-state index is 6.19. The molecule has 10 aromatic carbocycles. The molecule has 0 spiro atoms. The number of rotatable bonds is 8. The Morgan fingerprint density at radius 3 is 1.32 bits per heavy atom. The number of fused-ring (bicyclic) bond motifs is 4. The topological polar surface area (TPSA) is 16.4 Å². The summed E-state index contributed by atoms with van der Waals surface area (Å²) in [6, 6.07) is 84.9. The molecule has 0 amide bonds. The van der Waals surface area contributed by atoms with Gasteiger partial charge in [-0.3, -0.25) is 0 Å². The number of benzene rings is 10. The zero-order valence-electron chi connectivity index (χ0n) is 32.9. The Morgan fingerprint density at radius 2 is 0.683 bits per heavy atom. The molecule has 0 saturated heterocycles. The van der Waals surface area contributed by atoms with Crippen molar-refractivity contribution in [1.82, 2.24) is 0 Å². The van der Waals surface area contributed by atoms with E-state index in [9.17, 15) is 0 Å². The zero-order valence-corrected chi connectivity index (χ0v) is 32.9. The number of nitrogens with zero attached hydrogens (tertiary/aromatic N) is 1. The lowest BCUT2D eigenvalue weighted by molar-refractivity contribution is 0.669. The van der Waals surface area contributed by atoms with Crippen LogP contribution in [0.25, 0.3) is 88.3 Å². The van der Waals surface area contributed by atoms with Gasteiger partial charge in [-0.05, 0) is 116 Å². The van der Waals surface area contributed by atoms with Crippen LogP contribution in [0.5, 0.6) is 0 Å². The Hall–Kier alpha value is -7.94. The van der Waals surface area contributed by atoms with Gasteiger partial charge < -0.3 is 9.32 Å². The lowest BCUT2D eigenvalue weighted by atomic mass is 9.96. The van der Waals surface area contributed by atoms with Crippen molar-refractivity contribution >= 4 is 49.8 Å². The van der Waals surface area contributed by atoms with Crippen molar-refractivity contribution in [3.63, 3.8) is 0 Å². The Morgan fingerprint density at radius 1 is 0.250 bits per heavy atom. The molecule has 0 aliphatic carbocycles. The minimum Gasteiger partial charge on any atom is -0.456 e. The highest BCUT2D eigenvalue weighted by atomic mass is 16.3. The van der Waals surface area contributed by atoms with E-state index in [0.717, 1.165) is 55.7 Å². The van der Waals surface area contributed by atoms with E-state index in [1.165, 1.54) is 49.7 Å². The third-order valence-corrected chi connectivity index (χ3v) is 11.7. The summed E-state index contributed by atoms with van der Waals surface area (Å²) in [4.78, 5) is 2.39.